The highest BCUT2D eigenvalue weighted by molar-refractivity contribution is 5.46. The Morgan fingerprint density at radius 1 is 1.46 bits per heavy atom. The Labute approximate surface area is 80.5 Å². The van der Waals surface area contributed by atoms with Crippen LogP contribution in [-0.4, -0.2) is 38.0 Å². The van der Waals surface area contributed by atoms with Gasteiger partial charge in [-0.3, -0.25) is 4.79 Å². The Kier molecular flexibility index (Phi) is 4.83. The molecule has 1 fully saturated rings. The molecule has 0 aromatic rings. The normalized spacial score (nSPS) is 18.5. The lowest BCUT2D eigenvalue weighted by molar-refractivity contribution is -0.117. The quantitative estimate of drug-likeness (QED) is 0.643. The predicted molar refractivity (Wildman–Crippen MR) is 53.5 cm³/mol. The van der Waals surface area contributed by atoms with Gasteiger partial charge < -0.3 is 10.2 Å². The van der Waals surface area contributed by atoms with Crippen LogP contribution in [0.1, 0.15) is 25.7 Å². The molecule has 0 aromatic carbocycles. The van der Waals surface area contributed by atoms with Crippen molar-refractivity contribution in [3.05, 3.63) is 0 Å². The van der Waals surface area contributed by atoms with Gasteiger partial charge in [0, 0.05) is 13.6 Å². The molecule has 76 valence electrons. The fourth-order valence-corrected chi connectivity index (χ4v) is 1.85. The molecule has 3 heteroatoms. The van der Waals surface area contributed by atoms with Crippen LogP contribution < -0.4 is 5.32 Å². The van der Waals surface area contributed by atoms with E-state index in [1.165, 1.54) is 32.4 Å². The molecule has 1 aliphatic rings. The summed E-state index contributed by atoms with van der Waals surface area (Å²) in [5.41, 5.74) is 0. The molecule has 1 heterocycles. The molecule has 0 aliphatic carbocycles. The average molecular weight is 184 g/mol. The molecule has 1 saturated heterocycles. The fraction of sp³-hybridized carbons (Fsp3) is 0.900. The molecule has 1 rings (SSSR count). The number of rotatable bonds is 5. The first-order valence-electron chi connectivity index (χ1n) is 5.19. The van der Waals surface area contributed by atoms with Crippen LogP contribution in [0.3, 0.4) is 0 Å². The summed E-state index contributed by atoms with van der Waals surface area (Å²) in [6, 6.07) is 0. The van der Waals surface area contributed by atoms with Crippen molar-refractivity contribution in [2.75, 3.05) is 26.7 Å². The molecule has 13 heavy (non-hydrogen) atoms. The van der Waals surface area contributed by atoms with E-state index in [0.29, 0.717) is 0 Å². The lowest BCUT2D eigenvalue weighted by atomic mass is 9.93. The third-order valence-electron chi connectivity index (χ3n) is 2.76. The van der Waals surface area contributed by atoms with Crippen molar-refractivity contribution < 1.29 is 4.79 Å². The van der Waals surface area contributed by atoms with E-state index in [-0.39, 0.29) is 0 Å². The van der Waals surface area contributed by atoms with E-state index < -0.39 is 0 Å². The number of nitrogens with one attached hydrogen (secondary N) is 1. The zero-order valence-electron chi connectivity index (χ0n) is 8.46. The highest BCUT2D eigenvalue weighted by Crippen LogP contribution is 2.17. The number of carbonyl (C=O) groups excluding carboxylic acids is 1. The van der Waals surface area contributed by atoms with Gasteiger partial charge in [0.15, 0.2) is 0 Å². The van der Waals surface area contributed by atoms with Gasteiger partial charge in [-0.15, -0.1) is 0 Å². The molecule has 0 saturated carbocycles. The van der Waals surface area contributed by atoms with Gasteiger partial charge in [-0.2, -0.15) is 0 Å². The van der Waals surface area contributed by atoms with Gasteiger partial charge in [-0.1, -0.05) is 0 Å². The summed E-state index contributed by atoms with van der Waals surface area (Å²) in [6.45, 7) is 3.26. The van der Waals surface area contributed by atoms with Crippen molar-refractivity contribution >= 4 is 6.41 Å². The van der Waals surface area contributed by atoms with Crippen LogP contribution in [0.2, 0.25) is 0 Å². The highest BCUT2D eigenvalue weighted by Gasteiger charge is 2.12. The van der Waals surface area contributed by atoms with Crippen molar-refractivity contribution in [1.29, 1.82) is 0 Å². The molecular weight excluding hydrogens is 164 g/mol. The topological polar surface area (TPSA) is 32.3 Å². The molecule has 0 bridgehead atoms. The largest absolute Gasteiger partial charge is 0.348 e. The summed E-state index contributed by atoms with van der Waals surface area (Å²) in [5.74, 6) is 0.890. The summed E-state index contributed by atoms with van der Waals surface area (Å²) >= 11 is 0. The third-order valence-corrected chi connectivity index (χ3v) is 2.76. The second kappa shape index (κ2) is 5.97. The van der Waals surface area contributed by atoms with E-state index in [2.05, 4.69) is 5.32 Å². The van der Waals surface area contributed by atoms with Gasteiger partial charge in [0.2, 0.25) is 6.41 Å². The van der Waals surface area contributed by atoms with Crippen LogP contribution >= 0.6 is 0 Å². The molecule has 1 N–H and O–H groups in total. The number of nitrogens with zero attached hydrogens (tertiary/aromatic N) is 1. The average Bonchev–Trinajstić information content (AvgIpc) is 2.19. The summed E-state index contributed by atoms with van der Waals surface area (Å²) in [5, 5.41) is 3.36. The van der Waals surface area contributed by atoms with E-state index in [1.807, 2.05) is 7.05 Å². The van der Waals surface area contributed by atoms with Crippen LogP contribution in [0.25, 0.3) is 0 Å². The number of hydrogen-bond donors (Lipinski definition) is 1. The van der Waals surface area contributed by atoms with Gasteiger partial charge in [0.25, 0.3) is 0 Å². The van der Waals surface area contributed by atoms with Crippen molar-refractivity contribution in [3.63, 3.8) is 0 Å². The minimum atomic E-state index is 0.890. The van der Waals surface area contributed by atoms with Gasteiger partial charge in [-0.05, 0) is 44.7 Å². The fourth-order valence-electron chi connectivity index (χ4n) is 1.85. The SMILES string of the molecule is CN(C=O)CCCC1CCNCC1. The molecule has 0 spiro atoms. The van der Waals surface area contributed by atoms with Crippen molar-refractivity contribution in [2.45, 2.75) is 25.7 Å². The number of hydrogen-bond acceptors (Lipinski definition) is 2. The van der Waals surface area contributed by atoms with E-state index in [9.17, 15) is 4.79 Å². The van der Waals surface area contributed by atoms with Crippen molar-refractivity contribution in [1.82, 2.24) is 10.2 Å². The van der Waals surface area contributed by atoms with Crippen LogP contribution in [0.15, 0.2) is 0 Å². The van der Waals surface area contributed by atoms with Crippen molar-refractivity contribution in [2.24, 2.45) is 5.92 Å². The van der Waals surface area contributed by atoms with E-state index in [0.717, 1.165) is 25.3 Å². The van der Waals surface area contributed by atoms with E-state index in [1.54, 1.807) is 4.90 Å². The zero-order chi connectivity index (χ0) is 9.52. The lowest BCUT2D eigenvalue weighted by Gasteiger charge is -2.22. The van der Waals surface area contributed by atoms with E-state index in [4.69, 9.17) is 0 Å². The Hall–Kier alpha value is -0.570. The first kappa shape index (κ1) is 10.5. The lowest BCUT2D eigenvalue weighted by Crippen LogP contribution is -2.28. The molecule has 0 aromatic heterocycles. The maximum Gasteiger partial charge on any atom is 0.209 e. The minimum Gasteiger partial charge on any atom is -0.348 e. The summed E-state index contributed by atoms with van der Waals surface area (Å²) in [6.07, 6.45) is 5.96. The van der Waals surface area contributed by atoms with Crippen LogP contribution in [0.5, 0.6) is 0 Å². The standard InChI is InChI=1S/C10H20N2O/c1-12(9-13)8-2-3-10-4-6-11-7-5-10/h9-11H,2-8H2,1H3. The number of carbonyl (C=O) groups is 1. The Morgan fingerprint density at radius 3 is 2.77 bits per heavy atom. The highest BCUT2D eigenvalue weighted by atomic mass is 16.1. The predicted octanol–water partition coefficient (Wildman–Crippen LogP) is 0.854. The van der Waals surface area contributed by atoms with Crippen LogP contribution in [0, 0.1) is 5.92 Å². The second-order valence-electron chi connectivity index (χ2n) is 3.92. The maximum absolute atomic E-state index is 10.3. The first-order chi connectivity index (χ1) is 6.33. The molecule has 3 nitrogen and oxygen atoms in total. The summed E-state index contributed by atoms with van der Waals surface area (Å²) in [7, 11) is 1.84. The van der Waals surface area contributed by atoms with Gasteiger partial charge in [0.05, 0.1) is 0 Å². The summed E-state index contributed by atoms with van der Waals surface area (Å²) < 4.78 is 0. The minimum absolute atomic E-state index is 0.890. The molecule has 1 amide bonds. The Morgan fingerprint density at radius 2 is 2.15 bits per heavy atom. The van der Waals surface area contributed by atoms with Crippen molar-refractivity contribution in [3.8, 4) is 0 Å². The van der Waals surface area contributed by atoms with Gasteiger partial charge >= 0.3 is 0 Å². The molecule has 0 unspecified atom stereocenters. The third kappa shape index (κ3) is 4.27. The molecule has 1 aliphatic heterocycles. The number of amides is 1. The van der Waals surface area contributed by atoms with E-state index >= 15 is 0 Å². The smallest absolute Gasteiger partial charge is 0.209 e. The first-order valence-corrected chi connectivity index (χ1v) is 5.19. The molecule has 0 atom stereocenters. The Balaban J connectivity index is 2.01. The van der Waals surface area contributed by atoms with Gasteiger partial charge in [-0.25, -0.2) is 0 Å². The number of piperidine rings is 1. The van der Waals surface area contributed by atoms with Crippen LogP contribution in [-0.2, 0) is 4.79 Å². The van der Waals surface area contributed by atoms with Gasteiger partial charge in [0.1, 0.15) is 0 Å². The molecular formula is C10H20N2O. The monoisotopic (exact) mass is 184 g/mol. The molecule has 0 radical (unpaired) electrons. The second-order valence-corrected chi connectivity index (χ2v) is 3.92. The maximum atomic E-state index is 10.3. The Bertz CT molecular complexity index is 144. The summed E-state index contributed by atoms with van der Waals surface area (Å²) in [4.78, 5) is 12.0. The zero-order valence-corrected chi connectivity index (χ0v) is 8.46. The van der Waals surface area contributed by atoms with Crippen LogP contribution in [0.4, 0.5) is 0 Å².